The zero-order chi connectivity index (χ0) is 13.3. The molecule has 0 aliphatic rings. The normalized spacial score (nSPS) is 10.6. The Kier molecular flexibility index (Phi) is 3.25. The summed E-state index contributed by atoms with van der Waals surface area (Å²) in [4.78, 5) is 11.1. The van der Waals surface area contributed by atoms with Crippen LogP contribution in [0.5, 0.6) is 5.75 Å². The smallest absolute Gasteiger partial charge is 0.340 e. The fourth-order valence-electron chi connectivity index (χ4n) is 1.70. The lowest BCUT2D eigenvalue weighted by Gasteiger charge is -2.04. The van der Waals surface area contributed by atoms with E-state index in [-0.39, 0.29) is 16.5 Å². The highest BCUT2D eigenvalue weighted by atomic mass is 35.5. The van der Waals surface area contributed by atoms with Crippen LogP contribution in [0.2, 0.25) is 5.15 Å². The molecule has 94 valence electrons. The van der Waals surface area contributed by atoms with Gasteiger partial charge in [0.05, 0.1) is 5.69 Å². The molecule has 0 atom stereocenters. The third kappa shape index (κ3) is 1.93. The Hall–Kier alpha value is -2.01. The number of benzene rings is 1. The highest BCUT2D eigenvalue weighted by Gasteiger charge is 2.22. The summed E-state index contributed by atoms with van der Waals surface area (Å²) in [5, 5.41) is 23.0. The zero-order valence-electron chi connectivity index (χ0n) is 9.59. The van der Waals surface area contributed by atoms with Crippen LogP contribution in [0.1, 0.15) is 23.0 Å². The maximum absolute atomic E-state index is 11.1. The quantitative estimate of drug-likeness (QED) is 0.895. The van der Waals surface area contributed by atoms with Crippen LogP contribution in [0.4, 0.5) is 0 Å². The summed E-state index contributed by atoms with van der Waals surface area (Å²) in [6.07, 6.45) is 0.446. The van der Waals surface area contributed by atoms with Crippen LogP contribution in [0, 0.1) is 0 Å². The number of hydrogen-bond donors (Lipinski definition) is 2. The van der Waals surface area contributed by atoms with E-state index in [0.29, 0.717) is 17.8 Å². The van der Waals surface area contributed by atoms with Crippen molar-refractivity contribution in [2.45, 2.75) is 13.3 Å². The van der Waals surface area contributed by atoms with Gasteiger partial charge in [-0.1, -0.05) is 30.7 Å². The summed E-state index contributed by atoms with van der Waals surface area (Å²) in [6.45, 7) is 1.79. The van der Waals surface area contributed by atoms with E-state index in [2.05, 4.69) is 5.10 Å². The van der Waals surface area contributed by atoms with E-state index in [1.807, 2.05) is 0 Å². The van der Waals surface area contributed by atoms with Gasteiger partial charge in [-0.3, -0.25) is 0 Å². The molecule has 2 N–H and O–H groups in total. The Morgan fingerprint density at radius 1 is 1.44 bits per heavy atom. The van der Waals surface area contributed by atoms with Crippen LogP contribution in [0.3, 0.4) is 0 Å². The number of carbonyl (C=O) groups is 1. The molecule has 0 unspecified atom stereocenters. The lowest BCUT2D eigenvalue weighted by molar-refractivity contribution is 0.0696. The second-order valence-electron chi connectivity index (χ2n) is 3.67. The van der Waals surface area contributed by atoms with Crippen molar-refractivity contribution < 1.29 is 15.0 Å². The molecule has 0 fully saturated rings. The van der Waals surface area contributed by atoms with Crippen LogP contribution in [-0.2, 0) is 6.42 Å². The van der Waals surface area contributed by atoms with Crippen molar-refractivity contribution in [2.75, 3.05) is 0 Å². The maximum Gasteiger partial charge on any atom is 0.340 e. The molecule has 5 nitrogen and oxygen atoms in total. The largest absolute Gasteiger partial charge is 0.506 e. The Balaban J connectivity index is 2.67. The molecule has 0 aliphatic carbocycles. The van der Waals surface area contributed by atoms with E-state index in [4.69, 9.17) is 16.7 Å². The number of para-hydroxylation sites is 2. The molecule has 0 saturated heterocycles. The first-order valence-electron chi connectivity index (χ1n) is 5.35. The van der Waals surface area contributed by atoms with Gasteiger partial charge < -0.3 is 10.2 Å². The second-order valence-corrected chi connectivity index (χ2v) is 4.03. The van der Waals surface area contributed by atoms with Gasteiger partial charge >= 0.3 is 5.97 Å². The van der Waals surface area contributed by atoms with Crippen LogP contribution >= 0.6 is 11.6 Å². The molecule has 1 aromatic carbocycles. The number of phenols is 1. The molecule has 1 aromatic heterocycles. The van der Waals surface area contributed by atoms with Crippen LogP contribution in [0.25, 0.3) is 5.69 Å². The van der Waals surface area contributed by atoms with E-state index in [1.54, 1.807) is 25.1 Å². The monoisotopic (exact) mass is 266 g/mol. The first kappa shape index (κ1) is 12.4. The number of rotatable bonds is 3. The van der Waals surface area contributed by atoms with Crippen LogP contribution in [-0.4, -0.2) is 26.0 Å². The van der Waals surface area contributed by atoms with Crippen molar-refractivity contribution in [3.63, 3.8) is 0 Å². The van der Waals surface area contributed by atoms with Gasteiger partial charge in [0.1, 0.15) is 22.2 Å². The third-order valence-corrected chi connectivity index (χ3v) is 2.91. The minimum atomic E-state index is -1.13. The number of halogens is 1. The Labute approximate surface area is 108 Å². The highest BCUT2D eigenvalue weighted by Crippen LogP contribution is 2.28. The van der Waals surface area contributed by atoms with Gasteiger partial charge in [0.25, 0.3) is 0 Å². The maximum atomic E-state index is 11.1. The van der Waals surface area contributed by atoms with Crippen molar-refractivity contribution in [1.82, 2.24) is 9.78 Å². The number of aromatic carboxylic acids is 1. The number of carboxylic acids is 1. The topological polar surface area (TPSA) is 75.3 Å². The van der Waals surface area contributed by atoms with Crippen molar-refractivity contribution in [3.05, 3.63) is 40.7 Å². The zero-order valence-corrected chi connectivity index (χ0v) is 10.3. The van der Waals surface area contributed by atoms with Gasteiger partial charge in [-0.05, 0) is 18.6 Å². The van der Waals surface area contributed by atoms with Gasteiger partial charge in [-0.25, -0.2) is 9.48 Å². The first-order valence-corrected chi connectivity index (χ1v) is 5.73. The lowest BCUT2D eigenvalue weighted by Crippen LogP contribution is -2.00. The van der Waals surface area contributed by atoms with Crippen LogP contribution < -0.4 is 0 Å². The predicted octanol–water partition coefficient (Wildman–Crippen LogP) is 2.49. The van der Waals surface area contributed by atoms with Crippen molar-refractivity contribution in [3.8, 4) is 11.4 Å². The van der Waals surface area contributed by atoms with Crippen molar-refractivity contribution in [1.29, 1.82) is 0 Å². The van der Waals surface area contributed by atoms with Gasteiger partial charge in [0, 0.05) is 0 Å². The minimum absolute atomic E-state index is 0.0125. The minimum Gasteiger partial charge on any atom is -0.506 e. The van der Waals surface area contributed by atoms with Gasteiger partial charge in [-0.15, -0.1) is 0 Å². The molecular formula is C12H11ClN2O3. The Bertz CT molecular complexity index is 607. The van der Waals surface area contributed by atoms with Crippen LogP contribution in [0.15, 0.2) is 24.3 Å². The lowest BCUT2D eigenvalue weighted by atomic mass is 10.2. The molecule has 1 heterocycles. The standard InChI is InChI=1S/C12H11ClN2O3/c1-2-7-10(12(17)18)11(13)15(14-7)8-5-3-4-6-9(8)16/h3-6,16H,2H2,1H3,(H,17,18). The molecule has 0 amide bonds. The number of nitrogens with zero attached hydrogens (tertiary/aromatic N) is 2. The summed E-state index contributed by atoms with van der Waals surface area (Å²) >= 11 is 6.02. The van der Waals surface area contributed by atoms with E-state index in [9.17, 15) is 9.90 Å². The van der Waals surface area contributed by atoms with E-state index in [1.165, 1.54) is 10.7 Å². The summed E-state index contributed by atoms with van der Waals surface area (Å²) in [7, 11) is 0. The van der Waals surface area contributed by atoms with E-state index in [0.717, 1.165) is 0 Å². The van der Waals surface area contributed by atoms with Gasteiger partial charge in [0.2, 0.25) is 0 Å². The summed E-state index contributed by atoms with van der Waals surface area (Å²) in [5.41, 5.74) is 0.711. The Morgan fingerprint density at radius 2 is 2.11 bits per heavy atom. The van der Waals surface area contributed by atoms with E-state index < -0.39 is 5.97 Å². The third-order valence-electron chi connectivity index (χ3n) is 2.56. The van der Waals surface area contributed by atoms with Gasteiger partial charge in [-0.2, -0.15) is 5.10 Å². The number of aryl methyl sites for hydroxylation is 1. The molecule has 6 heteroatoms. The molecule has 0 aliphatic heterocycles. The molecular weight excluding hydrogens is 256 g/mol. The first-order chi connectivity index (χ1) is 8.56. The average molecular weight is 267 g/mol. The molecule has 0 saturated carbocycles. The second kappa shape index (κ2) is 4.70. The molecule has 2 rings (SSSR count). The SMILES string of the molecule is CCc1nn(-c2ccccc2O)c(Cl)c1C(=O)O. The molecule has 0 bridgehead atoms. The fourth-order valence-corrected chi connectivity index (χ4v) is 2.02. The molecule has 0 radical (unpaired) electrons. The number of phenolic OH excluding ortho intramolecular Hbond substituents is 1. The summed E-state index contributed by atoms with van der Waals surface area (Å²) in [5.74, 6) is -1.14. The van der Waals surface area contributed by atoms with Crippen molar-refractivity contribution >= 4 is 17.6 Å². The molecule has 0 spiro atoms. The molecule has 18 heavy (non-hydrogen) atoms. The van der Waals surface area contributed by atoms with Crippen molar-refractivity contribution in [2.24, 2.45) is 0 Å². The predicted molar refractivity (Wildman–Crippen MR) is 66.6 cm³/mol. The fraction of sp³-hybridized carbons (Fsp3) is 0.167. The van der Waals surface area contributed by atoms with Gasteiger partial charge in [0.15, 0.2) is 0 Å². The number of hydrogen-bond acceptors (Lipinski definition) is 3. The summed E-state index contributed by atoms with van der Waals surface area (Å²) in [6, 6.07) is 6.47. The highest BCUT2D eigenvalue weighted by molar-refractivity contribution is 6.33. The molecule has 2 aromatic rings. The number of carboxylic acid groups (broad SMARTS) is 1. The van der Waals surface area contributed by atoms with E-state index >= 15 is 0 Å². The number of aromatic nitrogens is 2. The average Bonchev–Trinajstić information content (AvgIpc) is 2.67. The Morgan fingerprint density at radius 3 is 2.61 bits per heavy atom. The summed E-state index contributed by atoms with van der Waals surface area (Å²) < 4.78 is 1.24. The number of aromatic hydroxyl groups is 1.